The Morgan fingerprint density at radius 3 is 2.14 bits per heavy atom. The van der Waals surface area contributed by atoms with E-state index in [1.54, 1.807) is 12.1 Å². The maximum absolute atomic E-state index is 11.9. The first-order chi connectivity index (χ1) is 10.2. The van der Waals surface area contributed by atoms with Gasteiger partial charge in [-0.25, -0.2) is 0 Å². The molecule has 5 heteroatoms. The fourth-order valence-electron chi connectivity index (χ4n) is 2.08. The van der Waals surface area contributed by atoms with E-state index in [0.29, 0.717) is 16.7 Å². The highest BCUT2D eigenvalue weighted by molar-refractivity contribution is 7.88. The molecule has 21 heavy (non-hydrogen) atoms. The molecule has 2 aromatic rings. The number of benzene rings is 2. The number of fused-ring (bicyclic) bond motifs is 2. The fourth-order valence-corrected chi connectivity index (χ4v) is 3.39. The van der Waals surface area contributed by atoms with Gasteiger partial charge in [-0.3, -0.25) is 9.00 Å². The number of ketones is 1. The zero-order valence-corrected chi connectivity index (χ0v) is 13.0. The largest absolute Gasteiger partial charge is 0.400 e. The summed E-state index contributed by atoms with van der Waals surface area (Å²) in [5.41, 5.74) is 0.416. The molecular formula is C16H18O4S. The molecule has 0 fully saturated rings. The standard InChI is InChI=1S/C13H8O3S.C2H6.CH4O/c14-7-12-13(15)10-5-8-3-1-2-4-9(8)6-11(10)17(12)16;2*1-2/h1-7,12H;1-2H3;2H,1H3. The van der Waals surface area contributed by atoms with Gasteiger partial charge in [0.25, 0.3) is 0 Å². The van der Waals surface area contributed by atoms with E-state index in [0.717, 1.165) is 17.9 Å². The number of hydrogen-bond donors (Lipinski definition) is 1. The molecule has 1 aliphatic heterocycles. The Labute approximate surface area is 126 Å². The van der Waals surface area contributed by atoms with Crippen molar-refractivity contribution < 1.29 is 18.9 Å². The molecule has 4 nitrogen and oxygen atoms in total. The van der Waals surface area contributed by atoms with Crippen molar-refractivity contribution in [1.29, 1.82) is 0 Å². The van der Waals surface area contributed by atoms with Crippen LogP contribution in [0.4, 0.5) is 0 Å². The van der Waals surface area contributed by atoms with Gasteiger partial charge in [-0.1, -0.05) is 38.1 Å². The van der Waals surface area contributed by atoms with Crippen molar-refractivity contribution in [2.75, 3.05) is 7.11 Å². The second-order valence-electron chi connectivity index (χ2n) is 3.91. The summed E-state index contributed by atoms with van der Waals surface area (Å²) in [7, 11) is -0.539. The van der Waals surface area contributed by atoms with Crippen LogP contribution in [-0.4, -0.2) is 33.7 Å². The Morgan fingerprint density at radius 1 is 1.10 bits per heavy atom. The Balaban J connectivity index is 0.000000510. The molecule has 0 aliphatic carbocycles. The minimum atomic E-state index is -1.54. The van der Waals surface area contributed by atoms with E-state index in [1.807, 2.05) is 38.1 Å². The summed E-state index contributed by atoms with van der Waals surface area (Å²) in [6.07, 6.45) is 0.475. The summed E-state index contributed by atoms with van der Waals surface area (Å²) in [6.45, 7) is 4.00. The van der Waals surface area contributed by atoms with Gasteiger partial charge < -0.3 is 9.90 Å². The van der Waals surface area contributed by atoms with Crippen molar-refractivity contribution in [1.82, 2.24) is 0 Å². The minimum absolute atomic E-state index is 0.334. The summed E-state index contributed by atoms with van der Waals surface area (Å²) in [5.74, 6) is -0.334. The van der Waals surface area contributed by atoms with Gasteiger partial charge in [-0.15, -0.1) is 0 Å². The van der Waals surface area contributed by atoms with Crippen LogP contribution in [0, 0.1) is 0 Å². The molecular weight excluding hydrogens is 288 g/mol. The van der Waals surface area contributed by atoms with Gasteiger partial charge >= 0.3 is 0 Å². The molecule has 1 heterocycles. The van der Waals surface area contributed by atoms with E-state index in [-0.39, 0.29) is 5.78 Å². The average molecular weight is 306 g/mol. The van der Waals surface area contributed by atoms with E-state index in [2.05, 4.69) is 0 Å². The van der Waals surface area contributed by atoms with Gasteiger partial charge in [-0.2, -0.15) is 0 Å². The van der Waals surface area contributed by atoms with Gasteiger partial charge in [-0.05, 0) is 22.9 Å². The molecule has 0 bridgehead atoms. The number of carbonyl (C=O) groups is 2. The molecule has 0 saturated carbocycles. The molecule has 112 valence electrons. The number of rotatable bonds is 1. The lowest BCUT2D eigenvalue weighted by Gasteiger charge is -2.00. The molecule has 2 aromatic carbocycles. The summed E-state index contributed by atoms with van der Waals surface area (Å²) in [5, 5.41) is 7.82. The van der Waals surface area contributed by atoms with Crippen LogP contribution >= 0.6 is 0 Å². The normalized spacial score (nSPS) is 19.0. The second kappa shape index (κ2) is 7.81. The van der Waals surface area contributed by atoms with Crippen molar-refractivity contribution in [3.8, 4) is 0 Å². The predicted molar refractivity (Wildman–Crippen MR) is 84.0 cm³/mol. The lowest BCUT2D eigenvalue weighted by molar-refractivity contribution is -0.106. The van der Waals surface area contributed by atoms with E-state index in [1.165, 1.54) is 0 Å². The Hall–Kier alpha value is -1.85. The van der Waals surface area contributed by atoms with E-state index in [4.69, 9.17) is 5.11 Å². The Bertz CT molecular complexity index is 625. The first-order valence-electron chi connectivity index (χ1n) is 6.60. The third kappa shape index (κ3) is 3.09. The highest BCUT2D eigenvalue weighted by Crippen LogP contribution is 2.31. The van der Waals surface area contributed by atoms with Crippen LogP contribution < -0.4 is 0 Å². The predicted octanol–water partition coefficient (Wildman–Crippen LogP) is 2.35. The van der Waals surface area contributed by atoms with Crippen LogP contribution in [0.1, 0.15) is 24.2 Å². The number of aldehydes is 1. The molecule has 3 rings (SSSR count). The Kier molecular flexibility index (Phi) is 6.39. The van der Waals surface area contributed by atoms with Crippen LogP contribution in [0.2, 0.25) is 0 Å². The zero-order chi connectivity index (χ0) is 16.0. The van der Waals surface area contributed by atoms with Crippen LogP contribution in [0.25, 0.3) is 10.8 Å². The molecule has 1 N–H and O–H groups in total. The summed E-state index contributed by atoms with van der Waals surface area (Å²) >= 11 is 0. The number of carbonyl (C=O) groups excluding carboxylic acids is 2. The van der Waals surface area contributed by atoms with Crippen molar-refractivity contribution in [3.05, 3.63) is 42.0 Å². The maximum atomic E-state index is 11.9. The van der Waals surface area contributed by atoms with Gasteiger partial charge in [0.05, 0.1) is 15.7 Å². The van der Waals surface area contributed by atoms with Gasteiger partial charge in [0.1, 0.15) is 6.29 Å². The van der Waals surface area contributed by atoms with Crippen molar-refractivity contribution >= 4 is 33.6 Å². The molecule has 2 unspecified atom stereocenters. The third-order valence-corrected chi connectivity index (χ3v) is 4.50. The lowest BCUT2D eigenvalue weighted by atomic mass is 10.0. The average Bonchev–Trinajstić information content (AvgIpc) is 2.80. The lowest BCUT2D eigenvalue weighted by Crippen LogP contribution is -2.19. The highest BCUT2D eigenvalue weighted by atomic mass is 32.2. The van der Waals surface area contributed by atoms with Crippen LogP contribution in [0.15, 0.2) is 41.3 Å². The van der Waals surface area contributed by atoms with Crippen molar-refractivity contribution in [3.63, 3.8) is 0 Å². The van der Waals surface area contributed by atoms with Gasteiger partial charge in [0.2, 0.25) is 0 Å². The zero-order valence-electron chi connectivity index (χ0n) is 12.2. The van der Waals surface area contributed by atoms with E-state index in [9.17, 15) is 13.8 Å². The van der Waals surface area contributed by atoms with Crippen molar-refractivity contribution in [2.24, 2.45) is 0 Å². The fraction of sp³-hybridized carbons (Fsp3) is 0.250. The molecule has 0 radical (unpaired) electrons. The molecule has 0 amide bonds. The molecule has 0 saturated heterocycles. The third-order valence-electron chi connectivity index (χ3n) is 2.94. The minimum Gasteiger partial charge on any atom is -0.400 e. The van der Waals surface area contributed by atoms with E-state index < -0.39 is 16.0 Å². The van der Waals surface area contributed by atoms with Crippen molar-refractivity contribution in [2.45, 2.75) is 24.0 Å². The SMILES string of the molecule is CC.CO.O=CC1C(=O)c2cc3ccccc3cc2S1=O. The van der Waals surface area contributed by atoms with Crippen LogP contribution in [0.3, 0.4) is 0 Å². The van der Waals surface area contributed by atoms with Gasteiger partial charge in [0.15, 0.2) is 11.0 Å². The molecule has 2 atom stereocenters. The van der Waals surface area contributed by atoms with Gasteiger partial charge in [0, 0.05) is 12.7 Å². The number of hydrogen-bond acceptors (Lipinski definition) is 4. The Morgan fingerprint density at radius 2 is 1.62 bits per heavy atom. The first-order valence-corrected chi connectivity index (χ1v) is 7.81. The highest BCUT2D eigenvalue weighted by Gasteiger charge is 2.37. The molecule has 1 aliphatic rings. The van der Waals surface area contributed by atoms with E-state index >= 15 is 0 Å². The number of Topliss-reactive ketones (excluding diaryl/α,β-unsaturated/α-hetero) is 1. The number of aliphatic hydroxyl groups is 1. The topological polar surface area (TPSA) is 71.4 Å². The summed E-state index contributed by atoms with van der Waals surface area (Å²) in [6, 6.07) is 11.0. The number of aliphatic hydroxyl groups excluding tert-OH is 1. The molecule has 0 spiro atoms. The summed E-state index contributed by atoms with van der Waals surface area (Å²) in [4.78, 5) is 23.1. The maximum Gasteiger partial charge on any atom is 0.187 e. The molecule has 0 aromatic heterocycles. The monoisotopic (exact) mass is 306 g/mol. The first kappa shape index (κ1) is 17.2. The quantitative estimate of drug-likeness (QED) is 0.648. The van der Waals surface area contributed by atoms with Crippen LogP contribution in [0.5, 0.6) is 0 Å². The summed E-state index contributed by atoms with van der Waals surface area (Å²) < 4.78 is 11.9. The smallest absolute Gasteiger partial charge is 0.187 e. The second-order valence-corrected chi connectivity index (χ2v) is 5.46. The van der Waals surface area contributed by atoms with Crippen LogP contribution in [-0.2, 0) is 15.6 Å².